The maximum atomic E-state index is 12.3. The lowest BCUT2D eigenvalue weighted by atomic mass is 10.0. The molecular formula is C20H19N3O2. The molecule has 0 bridgehead atoms. The van der Waals surface area contributed by atoms with Crippen LogP contribution in [0.3, 0.4) is 0 Å². The van der Waals surface area contributed by atoms with E-state index in [1.165, 1.54) is 17.7 Å². The molecule has 2 aromatic carbocycles. The van der Waals surface area contributed by atoms with Gasteiger partial charge in [-0.2, -0.15) is 5.26 Å². The van der Waals surface area contributed by atoms with Gasteiger partial charge in [-0.1, -0.05) is 50.2 Å². The Morgan fingerprint density at radius 1 is 1.12 bits per heavy atom. The number of nitriles is 1. The molecule has 0 aliphatic heterocycles. The minimum atomic E-state index is -0.650. The molecule has 0 heterocycles. The topological polar surface area (TPSA) is 96.0 Å². The first kappa shape index (κ1) is 18.0. The van der Waals surface area contributed by atoms with E-state index in [-0.39, 0.29) is 16.8 Å². The first-order chi connectivity index (χ1) is 11.9. The Kier molecular flexibility index (Phi) is 5.70. The number of hydrogen-bond acceptors (Lipinski definition) is 3. The molecule has 0 fully saturated rings. The first-order valence-corrected chi connectivity index (χ1v) is 7.84. The van der Waals surface area contributed by atoms with Gasteiger partial charge in [0.1, 0.15) is 11.6 Å². The van der Waals surface area contributed by atoms with Crippen LogP contribution in [-0.2, 0) is 4.79 Å². The van der Waals surface area contributed by atoms with E-state index < -0.39 is 11.8 Å². The number of benzene rings is 2. The number of carbonyl (C=O) groups is 2. The standard InChI is InChI=1S/C20H19N3O2/c1-13(2)15-9-7-14(8-10-15)11-16(12-21)20(25)23-18-6-4-3-5-17(18)19(22)24/h3-11,13H,1-2H3,(H2,22,24)(H,23,25). The summed E-state index contributed by atoms with van der Waals surface area (Å²) in [5.41, 5.74) is 7.62. The van der Waals surface area contributed by atoms with E-state index in [1.54, 1.807) is 18.2 Å². The average Bonchev–Trinajstić information content (AvgIpc) is 2.60. The highest BCUT2D eigenvalue weighted by Crippen LogP contribution is 2.18. The molecule has 0 saturated heterocycles. The summed E-state index contributed by atoms with van der Waals surface area (Å²) in [6, 6.07) is 15.9. The van der Waals surface area contributed by atoms with Crippen LogP contribution >= 0.6 is 0 Å². The first-order valence-electron chi connectivity index (χ1n) is 7.84. The number of para-hydroxylation sites is 1. The molecule has 0 aromatic heterocycles. The van der Waals surface area contributed by atoms with E-state index in [0.29, 0.717) is 5.92 Å². The summed E-state index contributed by atoms with van der Waals surface area (Å²) in [4.78, 5) is 23.8. The molecular weight excluding hydrogens is 314 g/mol. The molecule has 0 saturated carbocycles. The zero-order valence-electron chi connectivity index (χ0n) is 14.1. The lowest BCUT2D eigenvalue weighted by molar-refractivity contribution is -0.112. The van der Waals surface area contributed by atoms with E-state index in [2.05, 4.69) is 19.2 Å². The number of nitrogens with two attached hydrogens (primary N) is 1. The normalized spacial score (nSPS) is 11.0. The van der Waals surface area contributed by atoms with Gasteiger partial charge in [-0.15, -0.1) is 0 Å². The molecule has 0 aliphatic carbocycles. The highest BCUT2D eigenvalue weighted by Gasteiger charge is 2.14. The molecule has 0 spiro atoms. The SMILES string of the molecule is CC(C)c1ccc(C=C(C#N)C(=O)Nc2ccccc2C(N)=O)cc1. The number of nitrogens with one attached hydrogen (secondary N) is 1. The van der Waals surface area contributed by atoms with Gasteiger partial charge in [-0.05, 0) is 35.3 Å². The van der Waals surface area contributed by atoms with Gasteiger partial charge in [0.05, 0.1) is 11.3 Å². The number of primary amides is 1. The summed E-state index contributed by atoms with van der Waals surface area (Å²) in [7, 11) is 0. The Hall–Kier alpha value is -3.39. The number of amides is 2. The van der Waals surface area contributed by atoms with Crippen LogP contribution in [0.1, 0.15) is 41.3 Å². The van der Waals surface area contributed by atoms with E-state index >= 15 is 0 Å². The molecule has 2 amide bonds. The molecule has 0 unspecified atom stereocenters. The Labute approximate surface area is 146 Å². The van der Waals surface area contributed by atoms with Crippen molar-refractivity contribution in [3.8, 4) is 6.07 Å². The average molecular weight is 333 g/mol. The molecule has 25 heavy (non-hydrogen) atoms. The van der Waals surface area contributed by atoms with Crippen LogP contribution in [0.4, 0.5) is 5.69 Å². The summed E-state index contributed by atoms with van der Waals surface area (Å²) >= 11 is 0. The fraction of sp³-hybridized carbons (Fsp3) is 0.150. The second-order valence-corrected chi connectivity index (χ2v) is 5.86. The van der Waals surface area contributed by atoms with Crippen LogP contribution in [0.25, 0.3) is 6.08 Å². The van der Waals surface area contributed by atoms with Crippen LogP contribution in [-0.4, -0.2) is 11.8 Å². The van der Waals surface area contributed by atoms with Crippen molar-refractivity contribution >= 4 is 23.6 Å². The lowest BCUT2D eigenvalue weighted by Gasteiger charge is -2.08. The summed E-state index contributed by atoms with van der Waals surface area (Å²) in [6.07, 6.45) is 1.51. The zero-order valence-corrected chi connectivity index (χ0v) is 14.1. The van der Waals surface area contributed by atoms with Crippen LogP contribution in [0, 0.1) is 11.3 Å². The highest BCUT2D eigenvalue weighted by molar-refractivity contribution is 6.12. The summed E-state index contributed by atoms with van der Waals surface area (Å²) < 4.78 is 0. The third-order valence-corrected chi connectivity index (χ3v) is 3.72. The van der Waals surface area contributed by atoms with Gasteiger partial charge in [0, 0.05) is 0 Å². The third kappa shape index (κ3) is 4.55. The number of anilines is 1. The molecule has 126 valence electrons. The van der Waals surface area contributed by atoms with Crippen molar-refractivity contribution in [1.82, 2.24) is 0 Å². The van der Waals surface area contributed by atoms with Crippen molar-refractivity contribution in [2.75, 3.05) is 5.32 Å². The van der Waals surface area contributed by atoms with Crippen LogP contribution < -0.4 is 11.1 Å². The van der Waals surface area contributed by atoms with Crippen molar-refractivity contribution in [3.63, 3.8) is 0 Å². The van der Waals surface area contributed by atoms with Gasteiger partial charge in [0.15, 0.2) is 0 Å². The Morgan fingerprint density at radius 2 is 1.76 bits per heavy atom. The van der Waals surface area contributed by atoms with Gasteiger partial charge in [0.25, 0.3) is 11.8 Å². The van der Waals surface area contributed by atoms with E-state index in [1.807, 2.05) is 30.3 Å². The van der Waals surface area contributed by atoms with Crippen molar-refractivity contribution in [1.29, 1.82) is 5.26 Å². The molecule has 5 heteroatoms. The number of carbonyl (C=O) groups excluding carboxylic acids is 2. The maximum absolute atomic E-state index is 12.3. The van der Waals surface area contributed by atoms with E-state index in [4.69, 9.17) is 5.73 Å². The monoisotopic (exact) mass is 333 g/mol. The van der Waals surface area contributed by atoms with Crippen molar-refractivity contribution in [2.24, 2.45) is 5.73 Å². The van der Waals surface area contributed by atoms with Crippen molar-refractivity contribution < 1.29 is 9.59 Å². The molecule has 2 rings (SSSR count). The van der Waals surface area contributed by atoms with Gasteiger partial charge in [0.2, 0.25) is 0 Å². The molecule has 0 radical (unpaired) electrons. The van der Waals surface area contributed by atoms with E-state index in [9.17, 15) is 14.9 Å². The van der Waals surface area contributed by atoms with Crippen LogP contribution in [0.5, 0.6) is 0 Å². The van der Waals surface area contributed by atoms with Crippen LogP contribution in [0.15, 0.2) is 54.1 Å². The zero-order chi connectivity index (χ0) is 18.4. The number of nitrogens with zero attached hydrogens (tertiary/aromatic N) is 1. The van der Waals surface area contributed by atoms with Gasteiger partial charge >= 0.3 is 0 Å². The summed E-state index contributed by atoms with van der Waals surface area (Å²) in [6.45, 7) is 4.18. The molecule has 3 N–H and O–H groups in total. The lowest BCUT2D eigenvalue weighted by Crippen LogP contribution is -2.19. The predicted octanol–water partition coefficient (Wildman–Crippen LogP) is 3.45. The van der Waals surface area contributed by atoms with Gasteiger partial charge in [-0.25, -0.2) is 0 Å². The fourth-order valence-electron chi connectivity index (χ4n) is 2.29. The van der Waals surface area contributed by atoms with E-state index in [0.717, 1.165) is 5.56 Å². The minimum Gasteiger partial charge on any atom is -0.366 e. The smallest absolute Gasteiger partial charge is 0.266 e. The Balaban J connectivity index is 2.24. The predicted molar refractivity (Wildman–Crippen MR) is 97.7 cm³/mol. The Bertz CT molecular complexity index is 859. The molecule has 0 atom stereocenters. The third-order valence-electron chi connectivity index (χ3n) is 3.72. The Morgan fingerprint density at radius 3 is 2.32 bits per heavy atom. The molecule has 2 aromatic rings. The number of rotatable bonds is 5. The number of hydrogen-bond donors (Lipinski definition) is 2. The molecule has 5 nitrogen and oxygen atoms in total. The fourth-order valence-corrected chi connectivity index (χ4v) is 2.29. The maximum Gasteiger partial charge on any atom is 0.266 e. The van der Waals surface area contributed by atoms with Gasteiger partial charge < -0.3 is 11.1 Å². The highest BCUT2D eigenvalue weighted by atomic mass is 16.2. The minimum absolute atomic E-state index is 0.0587. The second kappa shape index (κ2) is 7.93. The largest absolute Gasteiger partial charge is 0.366 e. The van der Waals surface area contributed by atoms with Gasteiger partial charge in [-0.3, -0.25) is 9.59 Å². The van der Waals surface area contributed by atoms with Crippen molar-refractivity contribution in [3.05, 3.63) is 70.8 Å². The second-order valence-electron chi connectivity index (χ2n) is 5.86. The summed E-state index contributed by atoms with van der Waals surface area (Å²) in [5, 5.41) is 11.8. The van der Waals surface area contributed by atoms with Crippen LogP contribution in [0.2, 0.25) is 0 Å². The molecule has 0 aliphatic rings. The van der Waals surface area contributed by atoms with Crippen molar-refractivity contribution in [2.45, 2.75) is 19.8 Å². The summed E-state index contributed by atoms with van der Waals surface area (Å²) in [5.74, 6) is -0.839. The quantitative estimate of drug-likeness (QED) is 0.648.